The minimum Gasteiger partial charge on any atom is -0.373 e. The standard InChI is InChI=1S/C17H25N3OS.ClH/c1-13-10-19(2)15-5-3-4-6-16(15)20(11-13)17(21)9-14-12-22-8-7-18-14;/h3-6,13-14,18H,7-12H2,1-2H3;1H. The maximum atomic E-state index is 12.9. The van der Waals surface area contributed by atoms with Gasteiger partial charge in [0, 0.05) is 50.7 Å². The Kier molecular flexibility index (Phi) is 6.62. The molecule has 0 aliphatic carbocycles. The molecule has 0 saturated carbocycles. The zero-order valence-electron chi connectivity index (χ0n) is 13.8. The zero-order valence-corrected chi connectivity index (χ0v) is 15.5. The summed E-state index contributed by atoms with van der Waals surface area (Å²) < 4.78 is 0. The largest absolute Gasteiger partial charge is 0.373 e. The molecule has 1 aromatic carbocycles. The summed E-state index contributed by atoms with van der Waals surface area (Å²) in [4.78, 5) is 17.2. The summed E-state index contributed by atoms with van der Waals surface area (Å²) in [5, 5.41) is 3.47. The maximum Gasteiger partial charge on any atom is 0.228 e. The molecule has 2 atom stereocenters. The van der Waals surface area contributed by atoms with Crippen LogP contribution in [0, 0.1) is 5.92 Å². The molecule has 2 aliphatic rings. The van der Waals surface area contributed by atoms with Gasteiger partial charge in [0.05, 0.1) is 11.4 Å². The maximum absolute atomic E-state index is 12.9. The van der Waals surface area contributed by atoms with Crippen molar-refractivity contribution in [2.24, 2.45) is 5.92 Å². The second-order valence-corrected chi connectivity index (χ2v) is 7.56. The summed E-state index contributed by atoms with van der Waals surface area (Å²) in [7, 11) is 2.11. The van der Waals surface area contributed by atoms with Crippen molar-refractivity contribution in [3.8, 4) is 0 Å². The van der Waals surface area contributed by atoms with E-state index in [0.29, 0.717) is 18.4 Å². The number of benzene rings is 1. The number of nitrogens with zero attached hydrogens (tertiary/aromatic N) is 2. The van der Waals surface area contributed by atoms with Gasteiger partial charge in [-0.1, -0.05) is 19.1 Å². The average molecular weight is 356 g/mol. The van der Waals surface area contributed by atoms with Gasteiger partial charge in [0.15, 0.2) is 0 Å². The van der Waals surface area contributed by atoms with E-state index in [1.54, 1.807) is 0 Å². The van der Waals surface area contributed by atoms with E-state index < -0.39 is 0 Å². The highest BCUT2D eigenvalue weighted by Crippen LogP contribution is 2.33. The third-order valence-corrected chi connectivity index (χ3v) is 5.51. The van der Waals surface area contributed by atoms with Crippen molar-refractivity contribution in [3.63, 3.8) is 0 Å². The molecule has 0 bridgehead atoms. The number of carbonyl (C=O) groups is 1. The first-order valence-corrected chi connectivity index (χ1v) is 9.22. The molecule has 1 fully saturated rings. The molecule has 23 heavy (non-hydrogen) atoms. The van der Waals surface area contributed by atoms with Crippen molar-refractivity contribution in [1.82, 2.24) is 5.32 Å². The van der Waals surface area contributed by atoms with E-state index in [1.807, 2.05) is 28.8 Å². The van der Waals surface area contributed by atoms with Crippen molar-refractivity contribution >= 4 is 41.5 Å². The summed E-state index contributed by atoms with van der Waals surface area (Å²) >= 11 is 1.94. The minimum absolute atomic E-state index is 0. The first-order chi connectivity index (χ1) is 10.6. The molecule has 0 radical (unpaired) electrons. The van der Waals surface area contributed by atoms with Crippen LogP contribution in [0.3, 0.4) is 0 Å². The van der Waals surface area contributed by atoms with Crippen LogP contribution in [0.25, 0.3) is 0 Å². The highest BCUT2D eigenvalue weighted by atomic mass is 35.5. The zero-order chi connectivity index (χ0) is 15.5. The van der Waals surface area contributed by atoms with Crippen molar-refractivity contribution in [2.45, 2.75) is 19.4 Å². The quantitative estimate of drug-likeness (QED) is 0.884. The van der Waals surface area contributed by atoms with Crippen LogP contribution in [-0.2, 0) is 4.79 Å². The summed E-state index contributed by atoms with van der Waals surface area (Å²) in [6.45, 7) is 5.02. The fraction of sp³-hybridized carbons (Fsp3) is 0.588. The fourth-order valence-corrected chi connectivity index (χ4v) is 4.31. The predicted molar refractivity (Wildman–Crippen MR) is 102 cm³/mol. The summed E-state index contributed by atoms with van der Waals surface area (Å²) in [6, 6.07) is 8.58. The van der Waals surface area contributed by atoms with Gasteiger partial charge in [-0.25, -0.2) is 0 Å². The number of rotatable bonds is 2. The Balaban J connectivity index is 0.00000192. The molecule has 3 rings (SSSR count). The van der Waals surface area contributed by atoms with Crippen molar-refractivity contribution in [3.05, 3.63) is 24.3 Å². The Bertz CT molecular complexity index is 536. The van der Waals surface area contributed by atoms with Crippen LogP contribution < -0.4 is 15.1 Å². The monoisotopic (exact) mass is 355 g/mol. The number of anilines is 2. The second-order valence-electron chi connectivity index (χ2n) is 6.41. The second kappa shape index (κ2) is 8.27. The Morgan fingerprint density at radius 3 is 2.74 bits per heavy atom. The van der Waals surface area contributed by atoms with Crippen molar-refractivity contribution in [2.75, 3.05) is 48.0 Å². The van der Waals surface area contributed by atoms with Crippen LogP contribution in [-0.4, -0.2) is 50.1 Å². The van der Waals surface area contributed by atoms with E-state index in [1.165, 1.54) is 0 Å². The summed E-state index contributed by atoms with van der Waals surface area (Å²) in [6.07, 6.45) is 0.595. The van der Waals surface area contributed by atoms with Gasteiger partial charge in [-0.15, -0.1) is 12.4 Å². The lowest BCUT2D eigenvalue weighted by molar-refractivity contribution is -0.119. The first kappa shape index (κ1) is 18.4. The van der Waals surface area contributed by atoms with Crippen LogP contribution in [0.1, 0.15) is 13.3 Å². The van der Waals surface area contributed by atoms with E-state index in [-0.39, 0.29) is 18.3 Å². The van der Waals surface area contributed by atoms with Gasteiger partial charge in [0.1, 0.15) is 0 Å². The Hall–Kier alpha value is -0.910. The summed E-state index contributed by atoms with van der Waals surface area (Å²) in [5.74, 6) is 2.90. The van der Waals surface area contributed by atoms with Gasteiger partial charge in [0.25, 0.3) is 0 Å². The smallest absolute Gasteiger partial charge is 0.228 e. The lowest BCUT2D eigenvalue weighted by Crippen LogP contribution is -2.43. The average Bonchev–Trinajstić information content (AvgIpc) is 2.65. The number of thioether (sulfide) groups is 1. The number of para-hydroxylation sites is 2. The molecule has 1 saturated heterocycles. The Morgan fingerprint density at radius 1 is 1.30 bits per heavy atom. The normalized spacial score (nSPS) is 24.4. The van der Waals surface area contributed by atoms with Crippen LogP contribution in [0.4, 0.5) is 11.4 Å². The number of hydrogen-bond donors (Lipinski definition) is 1. The van der Waals surface area contributed by atoms with Gasteiger partial charge >= 0.3 is 0 Å². The molecular weight excluding hydrogens is 330 g/mol. The number of carbonyl (C=O) groups excluding carboxylic acids is 1. The molecular formula is C17H26ClN3OS. The highest BCUT2D eigenvalue weighted by Gasteiger charge is 2.28. The van der Waals surface area contributed by atoms with Gasteiger partial charge in [-0.2, -0.15) is 11.8 Å². The van der Waals surface area contributed by atoms with E-state index in [0.717, 1.165) is 42.5 Å². The predicted octanol–water partition coefficient (Wildman–Crippen LogP) is 2.62. The molecule has 2 unspecified atom stereocenters. The third kappa shape index (κ3) is 4.34. The van der Waals surface area contributed by atoms with Crippen LogP contribution in [0.2, 0.25) is 0 Å². The molecule has 128 valence electrons. The van der Waals surface area contributed by atoms with Gasteiger partial charge in [0.2, 0.25) is 5.91 Å². The van der Waals surface area contributed by atoms with Crippen molar-refractivity contribution < 1.29 is 4.79 Å². The molecule has 1 amide bonds. The van der Waals surface area contributed by atoms with Gasteiger partial charge in [-0.05, 0) is 18.1 Å². The topological polar surface area (TPSA) is 35.6 Å². The van der Waals surface area contributed by atoms with E-state index in [9.17, 15) is 4.79 Å². The van der Waals surface area contributed by atoms with Gasteiger partial charge in [-0.3, -0.25) is 4.79 Å². The van der Waals surface area contributed by atoms with Crippen LogP contribution >= 0.6 is 24.2 Å². The highest BCUT2D eigenvalue weighted by molar-refractivity contribution is 7.99. The van der Waals surface area contributed by atoms with Crippen LogP contribution in [0.5, 0.6) is 0 Å². The fourth-order valence-electron chi connectivity index (χ4n) is 3.36. The molecule has 1 aromatic rings. The van der Waals surface area contributed by atoms with Crippen LogP contribution in [0.15, 0.2) is 24.3 Å². The lowest BCUT2D eigenvalue weighted by Gasteiger charge is -2.28. The number of nitrogens with one attached hydrogen (secondary N) is 1. The molecule has 0 aromatic heterocycles. The number of hydrogen-bond acceptors (Lipinski definition) is 4. The lowest BCUT2D eigenvalue weighted by atomic mass is 10.1. The molecule has 0 spiro atoms. The molecule has 1 N–H and O–H groups in total. The number of fused-ring (bicyclic) bond motifs is 1. The SMILES string of the molecule is CC1CN(C)c2ccccc2N(C(=O)CC2CSCCN2)C1.Cl. The first-order valence-electron chi connectivity index (χ1n) is 8.07. The van der Waals surface area contributed by atoms with Gasteiger partial charge < -0.3 is 15.1 Å². The Labute approximate surface area is 149 Å². The Morgan fingerprint density at radius 2 is 2.04 bits per heavy atom. The van der Waals surface area contributed by atoms with E-state index in [4.69, 9.17) is 0 Å². The molecule has 2 heterocycles. The van der Waals surface area contributed by atoms with Crippen molar-refractivity contribution in [1.29, 1.82) is 0 Å². The number of halogens is 1. The summed E-state index contributed by atoms with van der Waals surface area (Å²) in [5.41, 5.74) is 2.22. The molecule has 6 heteroatoms. The molecule has 4 nitrogen and oxygen atoms in total. The minimum atomic E-state index is 0. The van der Waals surface area contributed by atoms with E-state index >= 15 is 0 Å². The third-order valence-electron chi connectivity index (χ3n) is 4.38. The molecule has 2 aliphatic heterocycles. The van der Waals surface area contributed by atoms with E-state index in [2.05, 4.69) is 36.3 Å². The number of amides is 1.